The van der Waals surface area contributed by atoms with Gasteiger partial charge >= 0.3 is 12.1 Å². The minimum Gasteiger partial charge on any atom is -0.480 e. The molecule has 186 valence electrons. The minimum absolute atomic E-state index is 0.227. The predicted octanol–water partition coefficient (Wildman–Crippen LogP) is 3.09. The summed E-state index contributed by atoms with van der Waals surface area (Å²) in [5, 5.41) is 14.2. The van der Waals surface area contributed by atoms with Crippen molar-refractivity contribution in [2.24, 2.45) is 5.92 Å². The maximum absolute atomic E-state index is 12.5. The van der Waals surface area contributed by atoms with E-state index in [1.807, 2.05) is 30.3 Å². The molecule has 0 aliphatic rings. The molecule has 1 rings (SSSR count). The van der Waals surface area contributed by atoms with E-state index in [0.717, 1.165) is 5.56 Å². The molecule has 2 amide bonds. The maximum atomic E-state index is 12.5. The molecule has 0 heterocycles. The Labute approximate surface area is 206 Å². The van der Waals surface area contributed by atoms with Gasteiger partial charge in [0.1, 0.15) is 12.1 Å². The van der Waals surface area contributed by atoms with Crippen LogP contribution in [-0.2, 0) is 31.5 Å². The van der Waals surface area contributed by atoms with E-state index in [1.165, 1.54) is 21.6 Å². The third-order valence-electron chi connectivity index (χ3n) is 4.21. The van der Waals surface area contributed by atoms with Crippen LogP contribution in [0.4, 0.5) is 4.79 Å². The highest BCUT2D eigenvalue weighted by molar-refractivity contribution is 8.76. The topological polar surface area (TPSA) is 122 Å². The van der Waals surface area contributed by atoms with Crippen molar-refractivity contribution in [3.05, 3.63) is 35.9 Å². The zero-order valence-corrected chi connectivity index (χ0v) is 21.9. The average Bonchev–Trinajstić information content (AvgIpc) is 2.71. The fraction of sp³-hybridized carbons (Fsp3) is 0.591. The van der Waals surface area contributed by atoms with Crippen molar-refractivity contribution in [2.75, 3.05) is 30.1 Å². The lowest BCUT2D eigenvalue weighted by Crippen LogP contribution is -2.41. The highest BCUT2D eigenvalue weighted by Gasteiger charge is 2.22. The number of carbonyl (C=O) groups excluding carboxylic acids is 2. The first kappa shape index (κ1) is 29.3. The van der Waals surface area contributed by atoms with Gasteiger partial charge in [0.25, 0.3) is 0 Å². The van der Waals surface area contributed by atoms with Crippen LogP contribution in [0.5, 0.6) is 0 Å². The van der Waals surface area contributed by atoms with E-state index >= 15 is 0 Å². The first-order valence-corrected chi connectivity index (χ1v) is 14.7. The average molecular weight is 519 g/mol. The fourth-order valence-electron chi connectivity index (χ4n) is 2.67. The maximum Gasteiger partial charge on any atom is 0.407 e. The van der Waals surface area contributed by atoms with Gasteiger partial charge in [0.2, 0.25) is 5.91 Å². The van der Waals surface area contributed by atoms with E-state index in [0.29, 0.717) is 30.1 Å². The number of ether oxygens (including phenoxy) is 1. The molecular formula is C22H34N2O6S3. The van der Waals surface area contributed by atoms with Gasteiger partial charge in [-0.15, -0.1) is 0 Å². The molecule has 0 saturated heterocycles. The van der Waals surface area contributed by atoms with Crippen LogP contribution < -0.4 is 10.6 Å². The summed E-state index contributed by atoms with van der Waals surface area (Å²) in [5.74, 6) is -0.309. The standard InChI is InChI=1S/C22H34N2O6S3/c1-22(2,3)30-21(28)24-18(10-11-33(4)29)15-32-31-14-17(20(27)23-13-19(25)26)12-16-8-6-5-7-9-16/h5-9,17-18H,10-15H2,1-4H3,(H,23,27)(H,24,28)(H,25,26). The van der Waals surface area contributed by atoms with E-state index in [-0.39, 0.29) is 11.9 Å². The van der Waals surface area contributed by atoms with Crippen molar-refractivity contribution in [3.8, 4) is 0 Å². The molecule has 1 aromatic carbocycles. The molecule has 8 nitrogen and oxygen atoms in total. The van der Waals surface area contributed by atoms with Gasteiger partial charge in [-0.3, -0.25) is 13.8 Å². The van der Waals surface area contributed by atoms with Gasteiger partial charge < -0.3 is 20.5 Å². The van der Waals surface area contributed by atoms with Gasteiger partial charge in [0.05, 0.1) is 5.92 Å². The zero-order chi connectivity index (χ0) is 24.9. The number of amides is 2. The molecule has 0 aliphatic heterocycles. The summed E-state index contributed by atoms with van der Waals surface area (Å²) < 4.78 is 16.8. The summed E-state index contributed by atoms with van der Waals surface area (Å²) in [5.41, 5.74) is 0.381. The summed E-state index contributed by atoms with van der Waals surface area (Å²) in [6.45, 7) is 4.94. The van der Waals surface area contributed by atoms with Crippen LogP contribution in [0.3, 0.4) is 0 Å². The smallest absolute Gasteiger partial charge is 0.407 e. The molecular weight excluding hydrogens is 484 g/mol. The summed E-state index contributed by atoms with van der Waals surface area (Å²) in [6.07, 6.45) is 2.14. The SMILES string of the molecule is CS(=O)CCC(CSSCC(Cc1ccccc1)C(=O)NCC(=O)O)NC(=O)OC(C)(C)C. The molecule has 0 aliphatic carbocycles. The molecule has 33 heavy (non-hydrogen) atoms. The van der Waals surface area contributed by atoms with Crippen molar-refractivity contribution in [1.29, 1.82) is 0 Å². The van der Waals surface area contributed by atoms with Crippen molar-refractivity contribution < 1.29 is 28.4 Å². The Hall–Kier alpha value is -1.72. The quantitative estimate of drug-likeness (QED) is 0.254. The Bertz CT molecular complexity index is 786. The summed E-state index contributed by atoms with van der Waals surface area (Å²) >= 11 is 0. The molecule has 0 radical (unpaired) electrons. The van der Waals surface area contributed by atoms with Crippen LogP contribution in [0, 0.1) is 5.92 Å². The number of carboxylic acids is 1. The number of rotatable bonds is 14. The van der Waals surface area contributed by atoms with Crippen molar-refractivity contribution in [3.63, 3.8) is 0 Å². The van der Waals surface area contributed by atoms with E-state index < -0.39 is 40.9 Å². The van der Waals surface area contributed by atoms with Crippen LogP contribution in [0.15, 0.2) is 30.3 Å². The normalized spacial score (nSPS) is 14.1. The van der Waals surface area contributed by atoms with Gasteiger partial charge in [0, 0.05) is 40.4 Å². The highest BCUT2D eigenvalue weighted by Crippen LogP contribution is 2.27. The first-order chi connectivity index (χ1) is 15.5. The largest absolute Gasteiger partial charge is 0.480 e. The molecule has 0 fully saturated rings. The number of benzene rings is 1. The van der Waals surface area contributed by atoms with Gasteiger partial charge in [0.15, 0.2) is 0 Å². The number of alkyl carbamates (subject to hydrolysis) is 1. The first-order valence-electron chi connectivity index (χ1n) is 10.5. The van der Waals surface area contributed by atoms with Gasteiger partial charge in [-0.05, 0) is 39.2 Å². The third kappa shape index (κ3) is 14.9. The Balaban J connectivity index is 2.65. The number of carbonyl (C=O) groups is 3. The molecule has 3 N–H and O–H groups in total. The Morgan fingerprint density at radius 3 is 2.33 bits per heavy atom. The summed E-state index contributed by atoms with van der Waals surface area (Å²) in [6, 6.07) is 9.33. The van der Waals surface area contributed by atoms with Crippen LogP contribution in [0.25, 0.3) is 0 Å². The van der Waals surface area contributed by atoms with Crippen molar-refractivity contribution >= 4 is 50.4 Å². The zero-order valence-electron chi connectivity index (χ0n) is 19.5. The Morgan fingerprint density at radius 1 is 1.12 bits per heavy atom. The molecule has 1 aromatic rings. The second-order valence-corrected chi connectivity index (χ2v) is 12.6. The van der Waals surface area contributed by atoms with E-state index in [9.17, 15) is 18.6 Å². The number of hydrogen-bond donors (Lipinski definition) is 3. The lowest BCUT2D eigenvalue weighted by Gasteiger charge is -2.23. The third-order valence-corrected chi connectivity index (χ3v) is 7.58. The number of nitrogens with one attached hydrogen (secondary N) is 2. The van der Waals surface area contributed by atoms with Crippen LogP contribution >= 0.6 is 21.6 Å². The summed E-state index contributed by atoms with van der Waals surface area (Å²) in [4.78, 5) is 35.5. The molecule has 11 heteroatoms. The Morgan fingerprint density at radius 2 is 1.76 bits per heavy atom. The second kappa shape index (κ2) is 15.2. The lowest BCUT2D eigenvalue weighted by molar-refractivity contribution is -0.138. The minimum atomic E-state index is -1.09. The summed E-state index contributed by atoms with van der Waals surface area (Å²) in [7, 11) is 2.01. The van der Waals surface area contributed by atoms with E-state index in [4.69, 9.17) is 9.84 Å². The molecule has 0 spiro atoms. The predicted molar refractivity (Wildman–Crippen MR) is 136 cm³/mol. The molecule has 3 unspecified atom stereocenters. The molecule has 0 bridgehead atoms. The fourth-order valence-corrected chi connectivity index (χ4v) is 5.89. The molecule has 3 atom stereocenters. The van der Waals surface area contributed by atoms with E-state index in [1.54, 1.807) is 27.0 Å². The van der Waals surface area contributed by atoms with Crippen molar-refractivity contribution in [1.82, 2.24) is 10.6 Å². The van der Waals surface area contributed by atoms with Crippen LogP contribution in [0.2, 0.25) is 0 Å². The van der Waals surface area contributed by atoms with Gasteiger partial charge in [-0.2, -0.15) is 0 Å². The van der Waals surface area contributed by atoms with Crippen molar-refractivity contribution in [2.45, 2.75) is 45.3 Å². The number of hydrogen-bond acceptors (Lipinski definition) is 7. The van der Waals surface area contributed by atoms with Crippen LogP contribution in [-0.4, -0.2) is 69.0 Å². The lowest BCUT2D eigenvalue weighted by atomic mass is 10.0. The number of aliphatic carboxylic acids is 1. The second-order valence-electron chi connectivity index (χ2n) is 8.48. The highest BCUT2D eigenvalue weighted by atomic mass is 33.1. The molecule has 0 aromatic heterocycles. The Kier molecular flexibility index (Phi) is 13.5. The van der Waals surface area contributed by atoms with E-state index in [2.05, 4.69) is 10.6 Å². The van der Waals surface area contributed by atoms with Crippen LogP contribution in [0.1, 0.15) is 32.8 Å². The molecule has 0 saturated carbocycles. The monoisotopic (exact) mass is 518 g/mol. The van der Waals surface area contributed by atoms with Gasteiger partial charge in [-0.25, -0.2) is 4.79 Å². The van der Waals surface area contributed by atoms with Gasteiger partial charge in [-0.1, -0.05) is 51.9 Å². The number of carboxylic acid groups (broad SMARTS) is 1.